The number of carbonyl (C=O) groups is 2. The van der Waals surface area contributed by atoms with Crippen LogP contribution in [-0.4, -0.2) is 53.0 Å². The zero-order valence-electron chi connectivity index (χ0n) is 16.0. The van der Waals surface area contributed by atoms with Gasteiger partial charge in [0.05, 0.1) is 27.2 Å². The number of carbonyl (C=O) groups excluding carboxylic acids is 1. The van der Waals surface area contributed by atoms with Gasteiger partial charge >= 0.3 is 5.97 Å². The standard InChI is InChI=1S/C20H24ClN3O3S/c1-20(2,19(26)27)8-7-16-22-13-17(28-16)23-9-11-24(12-10-23)18(25)14-5-3-4-6-15(14)21/h3-6,13H,7-12H2,1-2H3,(H,26,27). The predicted molar refractivity (Wildman–Crippen MR) is 111 cm³/mol. The molecule has 6 nitrogen and oxygen atoms in total. The predicted octanol–water partition coefficient (Wildman–Crippen LogP) is 3.80. The Bertz CT molecular complexity index is 860. The van der Waals surface area contributed by atoms with Crippen LogP contribution in [0, 0.1) is 5.41 Å². The highest BCUT2D eigenvalue weighted by atomic mass is 35.5. The minimum atomic E-state index is -0.788. The first-order valence-corrected chi connectivity index (χ1v) is 10.4. The van der Waals surface area contributed by atoms with Gasteiger partial charge in [-0.1, -0.05) is 23.7 Å². The highest BCUT2D eigenvalue weighted by molar-refractivity contribution is 7.15. The zero-order valence-corrected chi connectivity index (χ0v) is 17.6. The van der Waals surface area contributed by atoms with Crippen LogP contribution in [0.3, 0.4) is 0 Å². The van der Waals surface area contributed by atoms with Crippen molar-refractivity contribution >= 4 is 39.8 Å². The Morgan fingerprint density at radius 3 is 2.54 bits per heavy atom. The number of halogens is 1. The fourth-order valence-corrected chi connectivity index (χ4v) is 4.21. The summed E-state index contributed by atoms with van der Waals surface area (Å²) in [6.45, 7) is 6.20. The Balaban J connectivity index is 1.56. The Labute approximate surface area is 173 Å². The monoisotopic (exact) mass is 421 g/mol. The first-order chi connectivity index (χ1) is 13.3. The molecule has 1 amide bonds. The van der Waals surface area contributed by atoms with Gasteiger partial charge in [0.15, 0.2) is 0 Å². The number of aryl methyl sites for hydroxylation is 1. The summed E-state index contributed by atoms with van der Waals surface area (Å²) < 4.78 is 0. The Morgan fingerprint density at radius 2 is 1.89 bits per heavy atom. The van der Waals surface area contributed by atoms with E-state index < -0.39 is 11.4 Å². The lowest BCUT2D eigenvalue weighted by atomic mass is 9.88. The van der Waals surface area contributed by atoms with Gasteiger partial charge in [-0.25, -0.2) is 4.98 Å². The van der Waals surface area contributed by atoms with E-state index >= 15 is 0 Å². The number of aromatic nitrogens is 1. The topological polar surface area (TPSA) is 73.7 Å². The van der Waals surface area contributed by atoms with E-state index in [9.17, 15) is 14.7 Å². The van der Waals surface area contributed by atoms with Crippen molar-refractivity contribution in [3.63, 3.8) is 0 Å². The van der Waals surface area contributed by atoms with Crippen molar-refractivity contribution in [2.24, 2.45) is 5.41 Å². The fraction of sp³-hybridized carbons (Fsp3) is 0.450. The molecule has 28 heavy (non-hydrogen) atoms. The van der Waals surface area contributed by atoms with E-state index in [2.05, 4.69) is 9.88 Å². The van der Waals surface area contributed by atoms with Crippen molar-refractivity contribution in [2.45, 2.75) is 26.7 Å². The van der Waals surface area contributed by atoms with Crippen molar-refractivity contribution in [1.82, 2.24) is 9.88 Å². The number of aliphatic carboxylic acids is 1. The summed E-state index contributed by atoms with van der Waals surface area (Å²) in [4.78, 5) is 32.4. The summed E-state index contributed by atoms with van der Waals surface area (Å²) in [5.74, 6) is -0.824. The van der Waals surface area contributed by atoms with Crippen LogP contribution in [-0.2, 0) is 11.2 Å². The summed E-state index contributed by atoms with van der Waals surface area (Å²) in [6.07, 6.45) is 3.05. The van der Waals surface area contributed by atoms with Crippen molar-refractivity contribution in [2.75, 3.05) is 31.1 Å². The van der Waals surface area contributed by atoms with Crippen LogP contribution in [0.4, 0.5) is 5.00 Å². The molecular formula is C20H24ClN3O3S. The molecule has 3 rings (SSSR count). The number of piperazine rings is 1. The molecule has 1 fully saturated rings. The number of hydrogen-bond acceptors (Lipinski definition) is 5. The van der Waals surface area contributed by atoms with Gasteiger partial charge in [0.2, 0.25) is 0 Å². The molecule has 0 unspecified atom stereocenters. The summed E-state index contributed by atoms with van der Waals surface area (Å²) >= 11 is 7.74. The molecule has 0 spiro atoms. The van der Waals surface area contributed by atoms with Gasteiger partial charge in [-0.2, -0.15) is 0 Å². The van der Waals surface area contributed by atoms with Crippen LogP contribution in [0.1, 0.15) is 35.6 Å². The minimum absolute atomic E-state index is 0.0360. The van der Waals surface area contributed by atoms with Gasteiger partial charge in [0.1, 0.15) is 5.00 Å². The van der Waals surface area contributed by atoms with Crippen LogP contribution in [0.2, 0.25) is 5.02 Å². The Morgan fingerprint density at radius 1 is 1.21 bits per heavy atom. The van der Waals surface area contributed by atoms with Gasteiger partial charge in [-0.15, -0.1) is 11.3 Å². The average Bonchev–Trinajstić information content (AvgIpc) is 3.15. The van der Waals surface area contributed by atoms with E-state index in [0.717, 1.165) is 23.1 Å². The molecule has 0 atom stereocenters. The van der Waals surface area contributed by atoms with E-state index in [1.54, 1.807) is 37.3 Å². The van der Waals surface area contributed by atoms with E-state index in [-0.39, 0.29) is 5.91 Å². The first kappa shape index (κ1) is 20.6. The minimum Gasteiger partial charge on any atom is -0.481 e. The first-order valence-electron chi connectivity index (χ1n) is 9.25. The second-order valence-electron chi connectivity index (χ2n) is 7.54. The molecule has 0 aliphatic carbocycles. The summed E-state index contributed by atoms with van der Waals surface area (Å²) in [5.41, 5.74) is -0.213. The van der Waals surface area contributed by atoms with Crippen molar-refractivity contribution in [1.29, 1.82) is 0 Å². The van der Waals surface area contributed by atoms with Crippen LogP contribution in [0.25, 0.3) is 0 Å². The SMILES string of the molecule is CC(C)(CCc1ncc(N2CCN(C(=O)c3ccccc3Cl)CC2)s1)C(=O)O. The van der Waals surface area contributed by atoms with Gasteiger partial charge < -0.3 is 14.9 Å². The third-order valence-corrected chi connectivity index (χ3v) is 6.51. The third kappa shape index (κ3) is 4.64. The summed E-state index contributed by atoms with van der Waals surface area (Å²) in [7, 11) is 0. The maximum atomic E-state index is 12.7. The largest absolute Gasteiger partial charge is 0.481 e. The second-order valence-corrected chi connectivity index (χ2v) is 9.04. The number of anilines is 1. The molecule has 0 radical (unpaired) electrons. The molecular weight excluding hydrogens is 398 g/mol. The van der Waals surface area contributed by atoms with Gasteiger partial charge in [-0.3, -0.25) is 9.59 Å². The second kappa shape index (κ2) is 8.49. The Hall–Kier alpha value is -2.12. The van der Waals surface area contributed by atoms with Gasteiger partial charge in [0.25, 0.3) is 5.91 Å². The van der Waals surface area contributed by atoms with Crippen LogP contribution in [0.15, 0.2) is 30.5 Å². The number of benzene rings is 1. The highest BCUT2D eigenvalue weighted by Crippen LogP contribution is 2.29. The highest BCUT2D eigenvalue weighted by Gasteiger charge is 2.28. The van der Waals surface area contributed by atoms with E-state index in [1.807, 2.05) is 23.2 Å². The van der Waals surface area contributed by atoms with Crippen LogP contribution in [0.5, 0.6) is 0 Å². The van der Waals surface area contributed by atoms with Crippen LogP contribution < -0.4 is 4.90 Å². The molecule has 2 aromatic rings. The summed E-state index contributed by atoms with van der Waals surface area (Å²) in [6, 6.07) is 7.12. The maximum Gasteiger partial charge on any atom is 0.309 e. The van der Waals surface area contributed by atoms with Gasteiger partial charge in [-0.05, 0) is 32.4 Å². The molecule has 1 aliphatic heterocycles. The van der Waals surface area contributed by atoms with E-state index in [4.69, 9.17) is 11.6 Å². The number of rotatable bonds is 6. The molecule has 2 heterocycles. The number of hydrogen-bond donors (Lipinski definition) is 1. The van der Waals surface area contributed by atoms with E-state index in [0.29, 0.717) is 36.5 Å². The third-order valence-electron chi connectivity index (χ3n) is 5.07. The molecule has 150 valence electrons. The lowest BCUT2D eigenvalue weighted by molar-refractivity contribution is -0.147. The quantitative estimate of drug-likeness (QED) is 0.767. The zero-order chi connectivity index (χ0) is 20.3. The van der Waals surface area contributed by atoms with Gasteiger partial charge in [0, 0.05) is 32.6 Å². The number of nitrogens with zero attached hydrogens (tertiary/aromatic N) is 3. The number of thiazole rings is 1. The maximum absolute atomic E-state index is 12.7. The molecule has 8 heteroatoms. The van der Waals surface area contributed by atoms with Crippen LogP contribution >= 0.6 is 22.9 Å². The number of carboxylic acid groups (broad SMARTS) is 1. The molecule has 1 saturated heterocycles. The van der Waals surface area contributed by atoms with Crippen molar-refractivity contribution in [3.8, 4) is 0 Å². The fourth-order valence-electron chi connectivity index (χ4n) is 3.02. The van der Waals surface area contributed by atoms with Crippen molar-refractivity contribution < 1.29 is 14.7 Å². The average molecular weight is 422 g/mol. The molecule has 0 saturated carbocycles. The molecule has 1 aromatic carbocycles. The number of amides is 1. The lowest BCUT2D eigenvalue weighted by Gasteiger charge is -2.35. The molecule has 1 aromatic heterocycles. The smallest absolute Gasteiger partial charge is 0.309 e. The normalized spacial score (nSPS) is 15.0. The molecule has 0 bridgehead atoms. The lowest BCUT2D eigenvalue weighted by Crippen LogP contribution is -2.48. The summed E-state index contributed by atoms with van der Waals surface area (Å²) in [5, 5.41) is 11.7. The Kier molecular flexibility index (Phi) is 6.25. The molecule has 1 N–H and O–H groups in total. The number of carboxylic acids is 1. The molecule has 1 aliphatic rings. The van der Waals surface area contributed by atoms with Crippen molar-refractivity contribution in [3.05, 3.63) is 46.1 Å². The van der Waals surface area contributed by atoms with E-state index in [1.165, 1.54) is 0 Å².